The third-order valence-corrected chi connectivity index (χ3v) is 3.51. The summed E-state index contributed by atoms with van der Waals surface area (Å²) in [6, 6.07) is 3.69. The first-order valence-electron chi connectivity index (χ1n) is 6.19. The molecule has 1 aliphatic rings. The van der Waals surface area contributed by atoms with Crippen LogP contribution in [-0.2, 0) is 4.74 Å². The minimum Gasteiger partial charge on any atom is -0.397 e. The molecule has 0 aliphatic carbocycles. The standard InChI is InChI=1S/C13H20N2O4.ClH/c1-6-3-8(14)9(4-7(6)2)15-13-12(18)11(17)10(5-16)19-13;/h3-4,10-13,15-18H,5,14H2,1-2H3;1H. The monoisotopic (exact) mass is 304 g/mol. The quantitative estimate of drug-likeness (QED) is 0.509. The van der Waals surface area contributed by atoms with Crippen LogP contribution in [0.25, 0.3) is 0 Å². The van der Waals surface area contributed by atoms with Crippen LogP contribution in [0.3, 0.4) is 0 Å². The molecule has 1 fully saturated rings. The number of nitrogens with one attached hydrogen (secondary N) is 1. The number of aliphatic hydroxyl groups is 3. The van der Waals surface area contributed by atoms with Crippen molar-refractivity contribution in [3.05, 3.63) is 23.3 Å². The Labute approximate surface area is 124 Å². The van der Waals surface area contributed by atoms with Gasteiger partial charge in [-0.2, -0.15) is 0 Å². The van der Waals surface area contributed by atoms with Gasteiger partial charge in [-0.05, 0) is 37.1 Å². The summed E-state index contributed by atoms with van der Waals surface area (Å²) in [5.41, 5.74) is 9.22. The summed E-state index contributed by atoms with van der Waals surface area (Å²) >= 11 is 0. The number of aryl methyl sites for hydroxylation is 2. The second kappa shape index (κ2) is 6.60. The minimum atomic E-state index is -1.12. The normalized spacial score (nSPS) is 29.1. The Morgan fingerprint density at radius 2 is 1.80 bits per heavy atom. The largest absolute Gasteiger partial charge is 0.397 e. The molecule has 0 amide bonds. The van der Waals surface area contributed by atoms with Gasteiger partial charge in [0.05, 0.1) is 18.0 Å². The van der Waals surface area contributed by atoms with E-state index >= 15 is 0 Å². The van der Waals surface area contributed by atoms with Crippen LogP contribution in [0.2, 0.25) is 0 Å². The molecule has 0 radical (unpaired) electrons. The Morgan fingerprint density at radius 1 is 1.20 bits per heavy atom. The fraction of sp³-hybridized carbons (Fsp3) is 0.538. The van der Waals surface area contributed by atoms with Gasteiger partial charge in [-0.25, -0.2) is 0 Å². The Kier molecular flexibility index (Phi) is 5.61. The number of benzene rings is 1. The lowest BCUT2D eigenvalue weighted by Gasteiger charge is -2.20. The third-order valence-electron chi connectivity index (χ3n) is 3.51. The van der Waals surface area contributed by atoms with Gasteiger partial charge in [0.2, 0.25) is 0 Å². The Hall–Kier alpha value is -1.05. The van der Waals surface area contributed by atoms with Gasteiger partial charge in [0.15, 0.2) is 6.23 Å². The van der Waals surface area contributed by atoms with E-state index in [1.54, 1.807) is 0 Å². The predicted octanol–water partition coefficient (Wildman–Crippen LogP) is 0.158. The minimum absolute atomic E-state index is 0. The summed E-state index contributed by atoms with van der Waals surface area (Å²) in [5, 5.41) is 31.5. The van der Waals surface area contributed by atoms with Crippen molar-refractivity contribution in [3.63, 3.8) is 0 Å². The van der Waals surface area contributed by atoms with Crippen molar-refractivity contribution in [3.8, 4) is 0 Å². The van der Waals surface area contributed by atoms with Gasteiger partial charge in [0, 0.05) is 0 Å². The van der Waals surface area contributed by atoms with E-state index in [0.29, 0.717) is 11.4 Å². The predicted molar refractivity (Wildman–Crippen MR) is 79.0 cm³/mol. The Morgan fingerprint density at radius 3 is 2.35 bits per heavy atom. The number of aliphatic hydroxyl groups excluding tert-OH is 3. The molecule has 1 aromatic carbocycles. The van der Waals surface area contributed by atoms with Gasteiger partial charge in [-0.1, -0.05) is 0 Å². The summed E-state index contributed by atoms with van der Waals surface area (Å²) in [6.45, 7) is 3.57. The van der Waals surface area contributed by atoms with Gasteiger partial charge in [-0.15, -0.1) is 12.4 Å². The van der Waals surface area contributed by atoms with E-state index in [4.69, 9.17) is 15.6 Å². The lowest BCUT2D eigenvalue weighted by atomic mass is 10.1. The molecule has 20 heavy (non-hydrogen) atoms. The van der Waals surface area contributed by atoms with Crippen LogP contribution in [-0.4, -0.2) is 46.5 Å². The maximum absolute atomic E-state index is 9.85. The molecule has 2 rings (SSSR count). The van der Waals surface area contributed by atoms with E-state index in [1.165, 1.54) is 0 Å². The lowest BCUT2D eigenvalue weighted by molar-refractivity contribution is -0.0153. The average molecular weight is 305 g/mol. The number of anilines is 2. The van der Waals surface area contributed by atoms with E-state index in [2.05, 4.69) is 5.32 Å². The van der Waals surface area contributed by atoms with Crippen molar-refractivity contribution in [2.75, 3.05) is 17.7 Å². The molecule has 6 N–H and O–H groups in total. The summed E-state index contributed by atoms with van der Waals surface area (Å²) in [4.78, 5) is 0. The molecule has 1 aromatic rings. The highest BCUT2D eigenvalue weighted by molar-refractivity contribution is 5.85. The van der Waals surface area contributed by atoms with E-state index in [-0.39, 0.29) is 19.0 Å². The second-order valence-corrected chi connectivity index (χ2v) is 4.93. The molecule has 1 heterocycles. The zero-order chi connectivity index (χ0) is 14.2. The highest BCUT2D eigenvalue weighted by atomic mass is 35.5. The second-order valence-electron chi connectivity index (χ2n) is 4.93. The number of rotatable bonds is 3. The van der Waals surface area contributed by atoms with Crippen LogP contribution < -0.4 is 11.1 Å². The molecule has 4 atom stereocenters. The highest BCUT2D eigenvalue weighted by Crippen LogP contribution is 2.28. The fourth-order valence-electron chi connectivity index (χ4n) is 2.14. The van der Waals surface area contributed by atoms with Gasteiger partial charge >= 0.3 is 0 Å². The molecule has 7 heteroatoms. The molecule has 114 valence electrons. The van der Waals surface area contributed by atoms with Gasteiger partial charge in [0.25, 0.3) is 0 Å². The smallest absolute Gasteiger partial charge is 0.157 e. The molecular weight excluding hydrogens is 284 g/mol. The topological polar surface area (TPSA) is 108 Å². The highest BCUT2D eigenvalue weighted by Gasteiger charge is 2.42. The van der Waals surface area contributed by atoms with Crippen LogP contribution in [0.4, 0.5) is 11.4 Å². The van der Waals surface area contributed by atoms with Crippen molar-refractivity contribution in [1.29, 1.82) is 0 Å². The molecular formula is C13H21ClN2O4. The van der Waals surface area contributed by atoms with E-state index in [1.807, 2.05) is 26.0 Å². The summed E-state index contributed by atoms with van der Waals surface area (Å²) in [5.74, 6) is 0. The molecule has 0 aromatic heterocycles. The number of halogens is 1. The number of ether oxygens (including phenoxy) is 1. The van der Waals surface area contributed by atoms with E-state index < -0.39 is 24.5 Å². The summed E-state index contributed by atoms with van der Waals surface area (Å²) in [6.07, 6.45) is -3.81. The number of hydrogen-bond acceptors (Lipinski definition) is 6. The van der Waals surface area contributed by atoms with Crippen LogP contribution >= 0.6 is 12.4 Å². The molecule has 1 saturated heterocycles. The van der Waals surface area contributed by atoms with Crippen molar-refractivity contribution >= 4 is 23.8 Å². The van der Waals surface area contributed by atoms with E-state index in [0.717, 1.165) is 11.1 Å². The fourth-order valence-corrected chi connectivity index (χ4v) is 2.14. The zero-order valence-electron chi connectivity index (χ0n) is 11.4. The first-order valence-corrected chi connectivity index (χ1v) is 6.19. The summed E-state index contributed by atoms with van der Waals surface area (Å²) < 4.78 is 5.35. The number of nitrogen functional groups attached to an aromatic ring is 1. The van der Waals surface area contributed by atoms with Crippen LogP contribution in [0.15, 0.2) is 12.1 Å². The van der Waals surface area contributed by atoms with Gasteiger partial charge < -0.3 is 31.1 Å². The summed E-state index contributed by atoms with van der Waals surface area (Å²) in [7, 11) is 0. The van der Waals surface area contributed by atoms with Crippen LogP contribution in [0.5, 0.6) is 0 Å². The molecule has 0 saturated carbocycles. The average Bonchev–Trinajstić information content (AvgIpc) is 2.63. The lowest BCUT2D eigenvalue weighted by Crippen LogP contribution is -2.36. The van der Waals surface area contributed by atoms with Crippen LogP contribution in [0.1, 0.15) is 11.1 Å². The van der Waals surface area contributed by atoms with Crippen molar-refractivity contribution in [2.45, 2.75) is 38.4 Å². The van der Waals surface area contributed by atoms with Crippen molar-refractivity contribution in [1.82, 2.24) is 0 Å². The molecule has 6 nitrogen and oxygen atoms in total. The number of hydrogen-bond donors (Lipinski definition) is 5. The third kappa shape index (κ3) is 3.16. The Bertz CT molecular complexity index is 472. The SMILES string of the molecule is Cc1cc(N)c(NC2OC(CO)C(O)C2O)cc1C.Cl. The zero-order valence-corrected chi connectivity index (χ0v) is 12.2. The van der Waals surface area contributed by atoms with Crippen molar-refractivity contribution < 1.29 is 20.1 Å². The molecule has 1 aliphatic heterocycles. The molecule has 4 unspecified atom stereocenters. The first kappa shape index (κ1) is 17.0. The van der Waals surface area contributed by atoms with E-state index in [9.17, 15) is 10.2 Å². The first-order chi connectivity index (χ1) is 8.93. The number of nitrogens with two attached hydrogens (primary N) is 1. The molecule has 0 spiro atoms. The van der Waals surface area contributed by atoms with Crippen molar-refractivity contribution in [2.24, 2.45) is 0 Å². The molecule has 0 bridgehead atoms. The maximum atomic E-state index is 9.85. The van der Waals surface area contributed by atoms with Crippen LogP contribution in [0, 0.1) is 13.8 Å². The maximum Gasteiger partial charge on any atom is 0.157 e. The van der Waals surface area contributed by atoms with Gasteiger partial charge in [-0.3, -0.25) is 0 Å². The van der Waals surface area contributed by atoms with Gasteiger partial charge in [0.1, 0.15) is 18.3 Å². The Balaban J connectivity index is 0.00000200.